The van der Waals surface area contributed by atoms with E-state index in [2.05, 4.69) is 42.4 Å². The Morgan fingerprint density at radius 3 is 2.57 bits per heavy atom. The fraction of sp³-hybridized carbons (Fsp3) is 0.0968. The van der Waals surface area contributed by atoms with Gasteiger partial charge in [0.2, 0.25) is 0 Å². The van der Waals surface area contributed by atoms with Crippen LogP contribution in [0.4, 0.5) is 11.5 Å². The van der Waals surface area contributed by atoms with E-state index in [1.165, 1.54) is 21.5 Å². The van der Waals surface area contributed by atoms with Crippen LogP contribution in [-0.2, 0) is 17.3 Å². The van der Waals surface area contributed by atoms with E-state index in [1.807, 2.05) is 0 Å². The second kappa shape index (κ2) is 10.9. The summed E-state index contributed by atoms with van der Waals surface area (Å²) < 4.78 is 30.1. The highest BCUT2D eigenvalue weighted by molar-refractivity contribution is 7.90. The summed E-state index contributed by atoms with van der Waals surface area (Å²) in [5, 5.41) is 19.7. The minimum atomic E-state index is -4.32. The van der Waals surface area contributed by atoms with Gasteiger partial charge in [0.05, 0.1) is 40.1 Å². The van der Waals surface area contributed by atoms with Crippen molar-refractivity contribution in [3.05, 3.63) is 112 Å². The van der Waals surface area contributed by atoms with Gasteiger partial charge in [-0.2, -0.15) is 13.5 Å². The van der Waals surface area contributed by atoms with E-state index in [0.717, 1.165) is 0 Å². The third-order valence-electron chi connectivity index (χ3n) is 7.52. The molecule has 1 aliphatic rings. The van der Waals surface area contributed by atoms with E-state index >= 15 is 0 Å². The van der Waals surface area contributed by atoms with Gasteiger partial charge in [0.1, 0.15) is 5.56 Å². The molecule has 0 fully saturated rings. The fourth-order valence-electron chi connectivity index (χ4n) is 5.68. The summed E-state index contributed by atoms with van der Waals surface area (Å²) >= 11 is 0. The molecular weight excluding hydrogens is 624 g/mol. The first-order chi connectivity index (χ1) is 22.5. The van der Waals surface area contributed by atoms with E-state index in [4.69, 9.17) is 5.14 Å². The molecule has 6 aromatic rings. The number of carbonyl (C=O) groups excluding carboxylic acids is 2. The highest BCUT2D eigenvalue weighted by Crippen LogP contribution is 2.38. The molecule has 0 spiro atoms. The zero-order valence-electron chi connectivity index (χ0n) is 24.7. The minimum absolute atomic E-state index is 0.0451. The number of rotatable bonds is 6. The molecule has 0 bridgehead atoms. The fourth-order valence-corrected chi connectivity index (χ4v) is 6.09. The average Bonchev–Trinajstić information content (AvgIpc) is 3.71. The second-order valence-electron chi connectivity index (χ2n) is 10.7. The molecule has 5 heterocycles. The predicted octanol–water partition coefficient (Wildman–Crippen LogP) is 1.84. The SMILES string of the molecule is CC(NC(=O)c1c(NS(N)(=O)=O)nn2cccnc12)c1c2c3c(ccc(C#Cc4cnn(C)c4)c3c(=O)n1-c1ccccc1)NC2=O. The molecule has 1 atom stereocenters. The first-order valence-electron chi connectivity index (χ1n) is 14.1. The Morgan fingerprint density at radius 2 is 1.85 bits per heavy atom. The number of fused-ring (bicyclic) bond motifs is 1. The molecule has 47 heavy (non-hydrogen) atoms. The van der Waals surface area contributed by atoms with Crippen LogP contribution in [-0.4, -0.2) is 49.2 Å². The molecule has 2 amide bonds. The van der Waals surface area contributed by atoms with Crippen LogP contribution in [0.15, 0.2) is 78.1 Å². The van der Waals surface area contributed by atoms with Crippen molar-refractivity contribution in [2.45, 2.75) is 13.0 Å². The minimum Gasteiger partial charge on any atom is -0.344 e. The lowest BCUT2D eigenvalue weighted by Gasteiger charge is -2.23. The van der Waals surface area contributed by atoms with Crippen molar-refractivity contribution in [3.63, 3.8) is 0 Å². The van der Waals surface area contributed by atoms with Crippen LogP contribution in [0.25, 0.3) is 22.1 Å². The number of aromatic nitrogens is 6. The molecule has 1 unspecified atom stereocenters. The molecule has 5 N–H and O–H groups in total. The van der Waals surface area contributed by atoms with Gasteiger partial charge in [-0.1, -0.05) is 30.0 Å². The molecule has 234 valence electrons. The smallest absolute Gasteiger partial charge is 0.297 e. The molecule has 4 aromatic heterocycles. The molecule has 0 saturated carbocycles. The van der Waals surface area contributed by atoms with Crippen LogP contribution < -0.4 is 26.1 Å². The van der Waals surface area contributed by atoms with Crippen molar-refractivity contribution in [3.8, 4) is 17.5 Å². The number of hydrogen-bond acceptors (Lipinski definition) is 8. The second-order valence-corrected chi connectivity index (χ2v) is 12.0. The summed E-state index contributed by atoms with van der Waals surface area (Å²) in [6, 6.07) is 12.6. The van der Waals surface area contributed by atoms with Crippen molar-refractivity contribution in [2.75, 3.05) is 10.0 Å². The largest absolute Gasteiger partial charge is 0.344 e. The standard InChI is InChI=1S/C31H24N10O5S/c1-17(35-30(43)25-27(38-47(32,45)46)37-40-14-6-13-33-28(25)40)26-24-23-21(36-29(24)42)12-11-19(10-9-18-15-34-39(2)16-18)22(23)31(44)41(26)20-7-4-3-5-8-20/h3-8,11-17H,1-2H3,(H,35,43)(H,36,42)(H,37,38)(H2,32,45,46). The summed E-state index contributed by atoms with van der Waals surface area (Å²) in [6.45, 7) is 1.61. The number of benzene rings is 2. The molecule has 7 rings (SSSR count). The number of hydrogen-bond donors (Lipinski definition) is 4. The number of carbonyl (C=O) groups is 2. The van der Waals surface area contributed by atoms with Gasteiger partial charge < -0.3 is 10.6 Å². The lowest BCUT2D eigenvalue weighted by Crippen LogP contribution is -2.34. The Bertz CT molecular complexity index is 2520. The third kappa shape index (κ3) is 5.14. The summed E-state index contributed by atoms with van der Waals surface area (Å²) in [5.74, 6) is 4.49. The molecule has 15 nitrogen and oxygen atoms in total. The van der Waals surface area contributed by atoms with Crippen LogP contribution in [0, 0.1) is 11.8 Å². The number of nitrogens with two attached hydrogens (primary N) is 1. The Hall–Kier alpha value is -6.31. The van der Waals surface area contributed by atoms with Gasteiger partial charge in [-0.3, -0.25) is 28.4 Å². The van der Waals surface area contributed by atoms with Crippen molar-refractivity contribution < 1.29 is 18.0 Å². The van der Waals surface area contributed by atoms with Gasteiger partial charge in [-0.15, -0.1) is 5.10 Å². The number of aryl methyl sites for hydroxylation is 1. The highest BCUT2D eigenvalue weighted by atomic mass is 32.2. The quantitative estimate of drug-likeness (QED) is 0.196. The number of nitrogens with one attached hydrogen (secondary N) is 3. The Kier molecular flexibility index (Phi) is 6.84. The van der Waals surface area contributed by atoms with E-state index in [9.17, 15) is 22.8 Å². The number of anilines is 2. The van der Waals surface area contributed by atoms with E-state index in [1.54, 1.807) is 79.6 Å². The number of para-hydroxylation sites is 1. The van der Waals surface area contributed by atoms with E-state index < -0.39 is 33.6 Å². The maximum Gasteiger partial charge on any atom is 0.297 e. The van der Waals surface area contributed by atoms with Crippen LogP contribution in [0.2, 0.25) is 0 Å². The molecule has 2 aromatic carbocycles. The van der Waals surface area contributed by atoms with Crippen LogP contribution >= 0.6 is 0 Å². The Morgan fingerprint density at radius 1 is 1.06 bits per heavy atom. The molecular formula is C31H24N10O5S. The van der Waals surface area contributed by atoms with Crippen molar-refractivity contribution in [1.82, 2.24) is 34.3 Å². The lowest BCUT2D eigenvalue weighted by molar-refractivity contribution is 0.0937. The van der Waals surface area contributed by atoms with Gasteiger partial charge >= 0.3 is 0 Å². The van der Waals surface area contributed by atoms with E-state index in [0.29, 0.717) is 27.9 Å². The van der Waals surface area contributed by atoms with Gasteiger partial charge in [0.25, 0.3) is 27.6 Å². The Balaban J connectivity index is 1.43. The number of amides is 2. The van der Waals surface area contributed by atoms with Crippen molar-refractivity contribution in [2.24, 2.45) is 12.2 Å². The Labute approximate surface area is 266 Å². The van der Waals surface area contributed by atoms with Crippen LogP contribution in [0.5, 0.6) is 0 Å². The molecule has 1 aliphatic heterocycles. The number of nitrogens with zero attached hydrogens (tertiary/aromatic N) is 6. The van der Waals surface area contributed by atoms with Gasteiger partial charge in [0.15, 0.2) is 11.5 Å². The molecule has 0 saturated heterocycles. The summed E-state index contributed by atoms with van der Waals surface area (Å²) in [6.07, 6.45) is 6.24. The lowest BCUT2D eigenvalue weighted by atomic mass is 9.97. The molecule has 0 aliphatic carbocycles. The maximum atomic E-state index is 14.5. The predicted molar refractivity (Wildman–Crippen MR) is 172 cm³/mol. The van der Waals surface area contributed by atoms with Gasteiger partial charge in [-0.25, -0.2) is 14.6 Å². The van der Waals surface area contributed by atoms with E-state index in [-0.39, 0.29) is 33.7 Å². The summed E-state index contributed by atoms with van der Waals surface area (Å²) in [7, 11) is -2.55. The summed E-state index contributed by atoms with van der Waals surface area (Å²) in [5.41, 5.74) is 1.66. The summed E-state index contributed by atoms with van der Waals surface area (Å²) in [4.78, 5) is 46.3. The first kappa shape index (κ1) is 29.4. The maximum absolute atomic E-state index is 14.5. The molecule has 16 heteroatoms. The average molecular weight is 649 g/mol. The van der Waals surface area contributed by atoms with Crippen LogP contribution in [0.3, 0.4) is 0 Å². The first-order valence-corrected chi connectivity index (χ1v) is 15.6. The zero-order valence-corrected chi connectivity index (χ0v) is 25.5. The van der Waals surface area contributed by atoms with Gasteiger partial charge in [-0.05, 0) is 37.3 Å². The zero-order chi connectivity index (χ0) is 33.0. The topological polar surface area (TPSA) is 200 Å². The molecule has 0 radical (unpaired) electrons. The van der Waals surface area contributed by atoms with Crippen molar-refractivity contribution in [1.29, 1.82) is 0 Å². The normalized spacial score (nSPS) is 12.9. The van der Waals surface area contributed by atoms with Crippen LogP contribution in [0.1, 0.15) is 50.5 Å². The third-order valence-corrected chi connectivity index (χ3v) is 8.00. The van der Waals surface area contributed by atoms with Gasteiger partial charge in [0, 0.05) is 42.3 Å². The monoisotopic (exact) mass is 648 g/mol. The van der Waals surface area contributed by atoms with Crippen molar-refractivity contribution >= 4 is 49.9 Å². The highest BCUT2D eigenvalue weighted by Gasteiger charge is 2.34. The number of pyridine rings is 1.